The summed E-state index contributed by atoms with van der Waals surface area (Å²) in [6.45, 7) is 0.926. The molecule has 2 rings (SSSR count). The summed E-state index contributed by atoms with van der Waals surface area (Å²) in [5.41, 5.74) is 0. The molecule has 0 aliphatic heterocycles. The van der Waals surface area contributed by atoms with Crippen LogP contribution < -0.4 is 18.9 Å². The number of methoxy groups -OCH3 is 1. The van der Waals surface area contributed by atoms with E-state index in [4.69, 9.17) is 9.47 Å². The number of rotatable bonds is 9. The number of likely N-dealkylation sites (N-methyl/N-ethyl adjacent to an activating group) is 1. The summed E-state index contributed by atoms with van der Waals surface area (Å²) in [7, 11) is -5.47. The third-order valence-corrected chi connectivity index (χ3v) is 6.81. The number of sulfonamides is 2. The largest absolute Gasteiger partial charge is 0.497 e. The zero-order valence-corrected chi connectivity index (χ0v) is 15.9. The van der Waals surface area contributed by atoms with E-state index >= 15 is 0 Å². The molecule has 0 aromatic heterocycles. The van der Waals surface area contributed by atoms with E-state index in [2.05, 4.69) is 5.32 Å². The van der Waals surface area contributed by atoms with E-state index < -0.39 is 20.0 Å². The standard InChI is InChI=1S/C16H20N2O6S2/c1-17-9-10-24-14-6-4-8-16(12-14)26(21,22)18-25(19,20)15-7-3-5-13(11-15)23-2/h3-8,11-12,17-18H,9-10H2,1-2H3. The van der Waals surface area contributed by atoms with Crippen molar-refractivity contribution in [3.8, 4) is 11.5 Å². The van der Waals surface area contributed by atoms with Crippen molar-refractivity contribution in [3.05, 3.63) is 48.5 Å². The topological polar surface area (TPSA) is 111 Å². The molecule has 2 aromatic carbocycles. The molecule has 0 spiro atoms. The Morgan fingerprint density at radius 1 is 0.885 bits per heavy atom. The van der Waals surface area contributed by atoms with Gasteiger partial charge in [0.1, 0.15) is 18.1 Å². The maximum absolute atomic E-state index is 12.5. The maximum atomic E-state index is 12.5. The van der Waals surface area contributed by atoms with Crippen LogP contribution >= 0.6 is 0 Å². The van der Waals surface area contributed by atoms with Crippen molar-refractivity contribution in [2.75, 3.05) is 27.3 Å². The minimum absolute atomic E-state index is 0.217. The highest BCUT2D eigenvalue weighted by molar-refractivity contribution is 8.04. The van der Waals surface area contributed by atoms with Crippen LogP contribution in [0.3, 0.4) is 0 Å². The van der Waals surface area contributed by atoms with Crippen molar-refractivity contribution >= 4 is 20.0 Å². The molecule has 0 heterocycles. The average Bonchev–Trinajstić information content (AvgIpc) is 2.61. The first kappa shape index (κ1) is 20.2. The first-order chi connectivity index (χ1) is 12.3. The van der Waals surface area contributed by atoms with Gasteiger partial charge in [0.25, 0.3) is 20.0 Å². The summed E-state index contributed by atoms with van der Waals surface area (Å²) in [6.07, 6.45) is 0. The van der Waals surface area contributed by atoms with E-state index in [-0.39, 0.29) is 9.79 Å². The average molecular weight is 400 g/mol. The quantitative estimate of drug-likeness (QED) is 0.603. The number of hydrogen-bond donors (Lipinski definition) is 2. The molecule has 0 atom stereocenters. The van der Waals surface area contributed by atoms with E-state index in [0.717, 1.165) is 0 Å². The van der Waals surface area contributed by atoms with Gasteiger partial charge in [0, 0.05) is 18.7 Å². The monoisotopic (exact) mass is 400 g/mol. The van der Waals surface area contributed by atoms with Gasteiger partial charge in [-0.15, -0.1) is 4.13 Å². The van der Waals surface area contributed by atoms with Gasteiger partial charge in [-0.3, -0.25) is 0 Å². The van der Waals surface area contributed by atoms with E-state index in [0.29, 0.717) is 24.7 Å². The number of hydrogen-bond acceptors (Lipinski definition) is 7. The van der Waals surface area contributed by atoms with Crippen LogP contribution in [0.5, 0.6) is 11.5 Å². The highest BCUT2D eigenvalue weighted by atomic mass is 32.3. The van der Waals surface area contributed by atoms with Gasteiger partial charge in [0.05, 0.1) is 16.9 Å². The molecule has 0 unspecified atom stereocenters. The fourth-order valence-electron chi connectivity index (χ4n) is 2.01. The zero-order valence-electron chi connectivity index (χ0n) is 14.3. The third kappa shape index (κ3) is 5.18. The van der Waals surface area contributed by atoms with Crippen LogP contribution in [0.15, 0.2) is 58.3 Å². The van der Waals surface area contributed by atoms with Crippen LogP contribution in [0.2, 0.25) is 0 Å². The highest BCUT2D eigenvalue weighted by Gasteiger charge is 2.25. The lowest BCUT2D eigenvalue weighted by molar-refractivity contribution is 0.317. The normalized spacial score (nSPS) is 11.9. The van der Waals surface area contributed by atoms with Crippen molar-refractivity contribution < 1.29 is 26.3 Å². The summed E-state index contributed by atoms with van der Waals surface area (Å²) in [5, 5.41) is 2.90. The van der Waals surface area contributed by atoms with Crippen LogP contribution in [0.1, 0.15) is 0 Å². The molecule has 0 bridgehead atoms. The van der Waals surface area contributed by atoms with Gasteiger partial charge in [-0.1, -0.05) is 12.1 Å². The number of benzene rings is 2. The van der Waals surface area contributed by atoms with Crippen LogP contribution in [-0.2, 0) is 20.0 Å². The lowest BCUT2D eigenvalue weighted by Crippen LogP contribution is -2.30. The molecule has 0 aliphatic carbocycles. The first-order valence-corrected chi connectivity index (χ1v) is 10.6. The van der Waals surface area contributed by atoms with Crippen LogP contribution in [0, 0.1) is 0 Å². The summed E-state index contributed by atoms with van der Waals surface area (Å²) < 4.78 is 61.8. The minimum Gasteiger partial charge on any atom is -0.497 e. The molecule has 0 amide bonds. The molecular formula is C16H20N2O6S2. The maximum Gasteiger partial charge on any atom is 0.253 e. The molecule has 142 valence electrons. The molecule has 0 saturated heterocycles. The molecular weight excluding hydrogens is 380 g/mol. The molecule has 0 saturated carbocycles. The van der Waals surface area contributed by atoms with Crippen LogP contribution in [0.4, 0.5) is 0 Å². The third-order valence-electron chi connectivity index (χ3n) is 3.31. The van der Waals surface area contributed by atoms with Crippen molar-refractivity contribution in [1.82, 2.24) is 9.44 Å². The van der Waals surface area contributed by atoms with Crippen molar-refractivity contribution in [3.63, 3.8) is 0 Å². The Morgan fingerprint density at radius 2 is 1.42 bits per heavy atom. The lowest BCUT2D eigenvalue weighted by Gasteiger charge is -2.11. The molecule has 26 heavy (non-hydrogen) atoms. The number of nitrogens with one attached hydrogen (secondary N) is 2. The molecule has 0 aliphatic rings. The molecule has 8 nitrogen and oxygen atoms in total. The Hall–Kier alpha value is -2.14. The second-order valence-electron chi connectivity index (χ2n) is 5.20. The second kappa shape index (κ2) is 8.49. The van der Waals surface area contributed by atoms with Gasteiger partial charge in [0.2, 0.25) is 0 Å². The summed E-state index contributed by atoms with van der Waals surface area (Å²) in [4.78, 5) is -0.437. The Bertz CT molecular complexity index is 958. The Balaban J connectivity index is 2.25. The van der Waals surface area contributed by atoms with Crippen molar-refractivity contribution in [2.24, 2.45) is 0 Å². The predicted octanol–water partition coefficient (Wildman–Crippen LogP) is 0.961. The zero-order chi connectivity index (χ0) is 19.2. The lowest BCUT2D eigenvalue weighted by atomic mass is 10.3. The van der Waals surface area contributed by atoms with E-state index in [1.165, 1.54) is 43.5 Å². The molecule has 0 fully saturated rings. The molecule has 0 radical (unpaired) electrons. The van der Waals surface area contributed by atoms with Crippen molar-refractivity contribution in [1.29, 1.82) is 0 Å². The van der Waals surface area contributed by atoms with E-state index in [1.54, 1.807) is 23.3 Å². The Kier molecular flexibility index (Phi) is 6.59. The van der Waals surface area contributed by atoms with Crippen molar-refractivity contribution in [2.45, 2.75) is 9.79 Å². The smallest absolute Gasteiger partial charge is 0.253 e. The summed E-state index contributed by atoms with van der Waals surface area (Å²) >= 11 is 0. The minimum atomic E-state index is -4.31. The Morgan fingerprint density at radius 3 is 1.96 bits per heavy atom. The van der Waals surface area contributed by atoms with Gasteiger partial charge in [-0.05, 0) is 31.3 Å². The molecule has 2 N–H and O–H groups in total. The van der Waals surface area contributed by atoms with Gasteiger partial charge in [-0.25, -0.2) is 16.8 Å². The molecule has 10 heteroatoms. The first-order valence-electron chi connectivity index (χ1n) is 7.58. The van der Waals surface area contributed by atoms with Gasteiger partial charge >= 0.3 is 0 Å². The highest BCUT2D eigenvalue weighted by Crippen LogP contribution is 2.21. The summed E-state index contributed by atoms with van der Waals surface area (Å²) in [5.74, 6) is 0.618. The fourth-order valence-corrected chi connectivity index (χ4v) is 4.99. The van der Waals surface area contributed by atoms with Crippen LogP contribution in [0.25, 0.3) is 0 Å². The van der Waals surface area contributed by atoms with Gasteiger partial charge in [0.15, 0.2) is 0 Å². The number of ether oxygens (including phenoxy) is 2. The Labute approximate surface area is 153 Å². The SMILES string of the molecule is CNCCOc1cccc(S(=O)(=O)NS(=O)(=O)c2cccc(OC)c2)c1. The summed E-state index contributed by atoms with van der Waals surface area (Å²) in [6, 6.07) is 11.1. The second-order valence-corrected chi connectivity index (χ2v) is 8.82. The van der Waals surface area contributed by atoms with Crippen LogP contribution in [-0.4, -0.2) is 44.1 Å². The molecule has 2 aromatic rings. The van der Waals surface area contributed by atoms with Gasteiger partial charge < -0.3 is 14.8 Å². The predicted molar refractivity (Wildman–Crippen MR) is 96.4 cm³/mol. The van der Waals surface area contributed by atoms with E-state index in [1.807, 2.05) is 0 Å². The van der Waals surface area contributed by atoms with Gasteiger partial charge in [-0.2, -0.15) is 0 Å². The van der Waals surface area contributed by atoms with E-state index in [9.17, 15) is 16.8 Å². The fraction of sp³-hybridized carbons (Fsp3) is 0.250.